The average molecular weight is 279 g/mol. The van der Waals surface area contributed by atoms with Crippen LogP contribution in [-0.4, -0.2) is 16.1 Å². The molecule has 1 aromatic carbocycles. The van der Waals surface area contributed by atoms with Crippen molar-refractivity contribution < 1.29 is 4.79 Å². The smallest absolute Gasteiger partial charge is 0.223 e. The topological polar surface area (TPSA) is 54.9 Å². The Morgan fingerprint density at radius 1 is 1.33 bits per heavy atom. The number of amides is 1. The summed E-state index contributed by atoms with van der Waals surface area (Å²) in [5.41, 5.74) is 1.25. The molecule has 0 aliphatic carbocycles. The first kappa shape index (κ1) is 13.0. The minimum absolute atomic E-state index is 0.121. The molecule has 4 nitrogen and oxygen atoms in total. The lowest BCUT2D eigenvalue weighted by molar-refractivity contribution is -0.114. The second kappa shape index (κ2) is 5.97. The van der Waals surface area contributed by atoms with Gasteiger partial charge in [-0.15, -0.1) is 22.0 Å². The van der Waals surface area contributed by atoms with Crippen molar-refractivity contribution in [1.29, 1.82) is 0 Å². The molecule has 1 heterocycles. The predicted octanol–water partition coefficient (Wildman–Crippen LogP) is 3.10. The number of rotatable bonds is 4. The van der Waals surface area contributed by atoms with Crippen molar-refractivity contribution in [2.45, 2.75) is 24.5 Å². The highest BCUT2D eigenvalue weighted by Gasteiger charge is 2.05. The van der Waals surface area contributed by atoms with E-state index in [9.17, 15) is 4.79 Å². The molecule has 0 aliphatic rings. The van der Waals surface area contributed by atoms with Gasteiger partial charge in [0, 0.05) is 11.8 Å². The van der Waals surface area contributed by atoms with Crippen LogP contribution in [0.15, 0.2) is 29.2 Å². The summed E-state index contributed by atoms with van der Waals surface area (Å²) in [5.74, 6) is 0.643. The molecule has 18 heavy (non-hydrogen) atoms. The minimum atomic E-state index is -0.121. The summed E-state index contributed by atoms with van der Waals surface area (Å²) < 4.78 is 0. The number of hydrogen-bond acceptors (Lipinski definition) is 5. The predicted molar refractivity (Wildman–Crippen MR) is 75.0 cm³/mol. The van der Waals surface area contributed by atoms with Crippen LogP contribution in [0.3, 0.4) is 0 Å². The molecule has 6 heteroatoms. The molecular weight excluding hydrogens is 266 g/mol. The Morgan fingerprint density at radius 2 is 2.06 bits per heavy atom. The maximum atomic E-state index is 10.9. The number of aromatic nitrogens is 2. The fourth-order valence-electron chi connectivity index (χ4n) is 1.29. The monoisotopic (exact) mass is 279 g/mol. The zero-order valence-corrected chi connectivity index (χ0v) is 11.8. The van der Waals surface area contributed by atoms with Crippen molar-refractivity contribution in [2.24, 2.45) is 0 Å². The number of thioether (sulfide) groups is 1. The zero-order chi connectivity index (χ0) is 13.0. The molecule has 2 rings (SSSR count). The van der Waals surface area contributed by atoms with Crippen LogP contribution in [0.5, 0.6) is 0 Å². The van der Waals surface area contributed by atoms with Crippen LogP contribution in [0.2, 0.25) is 0 Å². The van der Waals surface area contributed by atoms with Gasteiger partial charge in [-0.1, -0.05) is 29.0 Å². The molecule has 1 amide bonds. The number of benzene rings is 1. The average Bonchev–Trinajstić information content (AvgIpc) is 2.75. The van der Waals surface area contributed by atoms with Gasteiger partial charge in [-0.3, -0.25) is 4.79 Å². The van der Waals surface area contributed by atoms with E-state index in [2.05, 4.69) is 46.7 Å². The first-order chi connectivity index (χ1) is 8.63. The maximum Gasteiger partial charge on any atom is 0.223 e. The number of nitrogens with one attached hydrogen (secondary N) is 1. The molecule has 94 valence electrons. The van der Waals surface area contributed by atoms with Crippen molar-refractivity contribution in [1.82, 2.24) is 10.2 Å². The number of anilines is 1. The molecule has 0 radical (unpaired) electrons. The van der Waals surface area contributed by atoms with Crippen molar-refractivity contribution in [3.63, 3.8) is 0 Å². The lowest BCUT2D eigenvalue weighted by Crippen LogP contribution is -2.04. The van der Waals surface area contributed by atoms with Gasteiger partial charge in [0.1, 0.15) is 5.01 Å². The molecule has 2 aromatic rings. The second-order valence-electron chi connectivity index (χ2n) is 3.78. The van der Waals surface area contributed by atoms with E-state index in [-0.39, 0.29) is 5.91 Å². The van der Waals surface area contributed by atoms with Crippen LogP contribution >= 0.6 is 23.1 Å². The first-order valence-electron chi connectivity index (χ1n) is 5.43. The number of nitrogens with zero attached hydrogens (tertiary/aromatic N) is 2. The summed E-state index contributed by atoms with van der Waals surface area (Å²) in [6, 6.07) is 8.36. The van der Waals surface area contributed by atoms with Gasteiger partial charge in [0.2, 0.25) is 11.0 Å². The largest absolute Gasteiger partial charge is 0.301 e. The highest BCUT2D eigenvalue weighted by molar-refractivity contribution is 7.98. The SMILES string of the molecule is CC(=O)Nc1nnc(CSc2ccc(C)cc2)s1. The summed E-state index contributed by atoms with van der Waals surface area (Å²) in [4.78, 5) is 12.1. The van der Waals surface area contributed by atoms with Gasteiger partial charge in [0.15, 0.2) is 0 Å². The van der Waals surface area contributed by atoms with Crippen LogP contribution in [0.4, 0.5) is 5.13 Å². The maximum absolute atomic E-state index is 10.9. The molecule has 1 aromatic heterocycles. The summed E-state index contributed by atoms with van der Waals surface area (Å²) in [7, 11) is 0. The highest BCUT2D eigenvalue weighted by Crippen LogP contribution is 2.25. The Morgan fingerprint density at radius 3 is 2.72 bits per heavy atom. The third-order valence-corrected chi connectivity index (χ3v) is 4.18. The molecule has 0 aliphatic heterocycles. The Bertz CT molecular complexity index is 537. The van der Waals surface area contributed by atoms with Gasteiger partial charge in [-0.2, -0.15) is 0 Å². The molecular formula is C12H13N3OS2. The van der Waals surface area contributed by atoms with Crippen molar-refractivity contribution in [3.8, 4) is 0 Å². The molecule has 0 saturated carbocycles. The highest BCUT2D eigenvalue weighted by atomic mass is 32.2. The summed E-state index contributed by atoms with van der Waals surface area (Å²) >= 11 is 3.12. The van der Waals surface area contributed by atoms with Crippen LogP contribution < -0.4 is 5.32 Å². The van der Waals surface area contributed by atoms with Crippen LogP contribution in [-0.2, 0) is 10.5 Å². The molecule has 1 N–H and O–H groups in total. The van der Waals surface area contributed by atoms with E-state index >= 15 is 0 Å². The number of carbonyl (C=O) groups is 1. The van der Waals surface area contributed by atoms with E-state index in [0.717, 1.165) is 10.8 Å². The molecule has 0 unspecified atom stereocenters. The van der Waals surface area contributed by atoms with E-state index in [1.807, 2.05) is 0 Å². The Balaban J connectivity index is 1.92. The fraction of sp³-hybridized carbons (Fsp3) is 0.250. The molecule has 0 fully saturated rings. The number of hydrogen-bond donors (Lipinski definition) is 1. The minimum Gasteiger partial charge on any atom is -0.301 e. The van der Waals surface area contributed by atoms with Gasteiger partial charge in [0.25, 0.3) is 0 Å². The Labute approximate surface area is 114 Å². The first-order valence-corrected chi connectivity index (χ1v) is 7.23. The van der Waals surface area contributed by atoms with Crippen LogP contribution in [0.1, 0.15) is 17.5 Å². The van der Waals surface area contributed by atoms with Gasteiger partial charge < -0.3 is 5.32 Å². The Kier molecular flexibility index (Phi) is 4.33. The van der Waals surface area contributed by atoms with E-state index in [4.69, 9.17) is 0 Å². The quantitative estimate of drug-likeness (QED) is 0.874. The third-order valence-electron chi connectivity index (χ3n) is 2.13. The van der Waals surface area contributed by atoms with Gasteiger partial charge >= 0.3 is 0 Å². The zero-order valence-electron chi connectivity index (χ0n) is 10.1. The fourth-order valence-corrected chi connectivity index (χ4v) is 2.96. The standard InChI is InChI=1S/C12H13N3OS2/c1-8-3-5-10(6-4-8)17-7-11-14-15-12(18-11)13-9(2)16/h3-6H,7H2,1-2H3,(H,13,15,16). The summed E-state index contributed by atoms with van der Waals surface area (Å²) in [6.45, 7) is 3.53. The summed E-state index contributed by atoms with van der Waals surface area (Å²) in [6.07, 6.45) is 0. The van der Waals surface area contributed by atoms with Crippen molar-refractivity contribution in [2.75, 3.05) is 5.32 Å². The Hall–Kier alpha value is -1.40. The lowest BCUT2D eigenvalue weighted by Gasteiger charge is -1.99. The summed E-state index contributed by atoms with van der Waals surface area (Å²) in [5, 5.41) is 12.0. The van der Waals surface area contributed by atoms with E-state index in [1.165, 1.54) is 28.7 Å². The molecule has 0 saturated heterocycles. The third kappa shape index (κ3) is 3.82. The lowest BCUT2D eigenvalue weighted by atomic mass is 10.2. The van der Waals surface area contributed by atoms with Gasteiger partial charge in [-0.25, -0.2) is 0 Å². The van der Waals surface area contributed by atoms with Crippen LogP contribution in [0, 0.1) is 6.92 Å². The second-order valence-corrected chi connectivity index (χ2v) is 5.89. The number of aryl methyl sites for hydroxylation is 1. The van der Waals surface area contributed by atoms with Gasteiger partial charge in [-0.05, 0) is 19.1 Å². The van der Waals surface area contributed by atoms with E-state index < -0.39 is 0 Å². The van der Waals surface area contributed by atoms with E-state index in [1.54, 1.807) is 11.8 Å². The van der Waals surface area contributed by atoms with Crippen molar-refractivity contribution in [3.05, 3.63) is 34.8 Å². The molecule has 0 spiro atoms. The van der Waals surface area contributed by atoms with Crippen LogP contribution in [0.25, 0.3) is 0 Å². The normalized spacial score (nSPS) is 10.3. The molecule has 0 atom stereocenters. The van der Waals surface area contributed by atoms with E-state index in [0.29, 0.717) is 5.13 Å². The molecule has 0 bridgehead atoms. The number of carbonyl (C=O) groups excluding carboxylic acids is 1. The van der Waals surface area contributed by atoms with Crippen molar-refractivity contribution >= 4 is 34.1 Å². The van der Waals surface area contributed by atoms with Gasteiger partial charge in [0.05, 0.1) is 5.75 Å².